The fourth-order valence-electron chi connectivity index (χ4n) is 3.34. The van der Waals surface area contributed by atoms with Gasteiger partial charge in [0.1, 0.15) is 12.2 Å². The predicted octanol–water partition coefficient (Wildman–Crippen LogP) is 2.86. The van der Waals surface area contributed by atoms with Crippen molar-refractivity contribution in [1.82, 2.24) is 15.6 Å². The van der Waals surface area contributed by atoms with E-state index in [1.807, 2.05) is 30.3 Å². The molecule has 1 aliphatic rings. The Balaban J connectivity index is 1.72. The number of rotatable bonds is 4. The van der Waals surface area contributed by atoms with Crippen molar-refractivity contribution in [2.24, 2.45) is 5.92 Å². The number of nitriles is 1. The number of carbonyl (C=O) groups is 2. The summed E-state index contributed by atoms with van der Waals surface area (Å²) >= 11 is 3.41. The van der Waals surface area contributed by atoms with Crippen molar-refractivity contribution in [2.45, 2.75) is 31.7 Å². The van der Waals surface area contributed by atoms with Crippen LogP contribution < -0.4 is 10.6 Å². The molecular formula is C18H19BrN4O2. The van der Waals surface area contributed by atoms with Crippen molar-refractivity contribution in [3.63, 3.8) is 0 Å². The highest BCUT2D eigenvalue weighted by Crippen LogP contribution is 2.25. The standard InChI is InChI=1S/C18H19BrN4O2/c19-12-6-5-11-9-16(22-15(11)10-12)18(25)23-14-4-2-1-3-13(14)17(24)21-8-7-20/h5-6,9-10,13-14,22H,1-4,8H2,(H,21,24)(H,23,25). The number of benzene rings is 1. The predicted molar refractivity (Wildman–Crippen MR) is 97.8 cm³/mol. The maximum Gasteiger partial charge on any atom is 0.267 e. The molecule has 1 saturated carbocycles. The largest absolute Gasteiger partial charge is 0.350 e. The van der Waals surface area contributed by atoms with Crippen molar-refractivity contribution in [3.8, 4) is 6.07 Å². The average Bonchev–Trinajstić information content (AvgIpc) is 3.03. The summed E-state index contributed by atoms with van der Waals surface area (Å²) in [5.41, 5.74) is 1.36. The Labute approximate surface area is 154 Å². The number of nitrogens with zero attached hydrogens (tertiary/aromatic N) is 1. The molecule has 2 atom stereocenters. The molecule has 2 unspecified atom stereocenters. The van der Waals surface area contributed by atoms with Crippen molar-refractivity contribution in [1.29, 1.82) is 5.26 Å². The Hall–Kier alpha value is -2.33. The Morgan fingerprint density at radius 1 is 1.28 bits per heavy atom. The van der Waals surface area contributed by atoms with Gasteiger partial charge in [-0.1, -0.05) is 34.8 Å². The molecule has 0 bridgehead atoms. The van der Waals surface area contributed by atoms with Crippen LogP contribution in [0.25, 0.3) is 10.9 Å². The van der Waals surface area contributed by atoms with Crippen LogP contribution in [0, 0.1) is 17.2 Å². The zero-order valence-electron chi connectivity index (χ0n) is 13.6. The second-order valence-corrected chi connectivity index (χ2v) is 7.18. The van der Waals surface area contributed by atoms with Gasteiger partial charge in [-0.25, -0.2) is 0 Å². The van der Waals surface area contributed by atoms with E-state index in [2.05, 4.69) is 31.5 Å². The van der Waals surface area contributed by atoms with Crippen molar-refractivity contribution in [3.05, 3.63) is 34.4 Å². The summed E-state index contributed by atoms with van der Waals surface area (Å²) in [6, 6.07) is 9.29. The second-order valence-electron chi connectivity index (χ2n) is 6.26. The summed E-state index contributed by atoms with van der Waals surface area (Å²) in [4.78, 5) is 28.0. The van der Waals surface area contributed by atoms with Crippen LogP contribution in [0.15, 0.2) is 28.7 Å². The normalized spacial score (nSPS) is 20.0. The van der Waals surface area contributed by atoms with Gasteiger partial charge in [-0.3, -0.25) is 9.59 Å². The fourth-order valence-corrected chi connectivity index (χ4v) is 3.70. The lowest BCUT2D eigenvalue weighted by atomic mass is 9.83. The van der Waals surface area contributed by atoms with Gasteiger partial charge in [0.15, 0.2) is 0 Å². The highest BCUT2D eigenvalue weighted by Gasteiger charge is 2.32. The molecule has 3 N–H and O–H groups in total. The van der Waals surface area contributed by atoms with Crippen LogP contribution in [0.4, 0.5) is 0 Å². The van der Waals surface area contributed by atoms with E-state index in [-0.39, 0.29) is 30.3 Å². The van der Waals surface area contributed by atoms with Gasteiger partial charge in [0, 0.05) is 21.4 Å². The summed E-state index contributed by atoms with van der Waals surface area (Å²) in [6.45, 7) is -0.00705. The fraction of sp³-hybridized carbons (Fsp3) is 0.389. The molecular weight excluding hydrogens is 384 g/mol. The maximum absolute atomic E-state index is 12.6. The second kappa shape index (κ2) is 7.70. The number of aromatic amines is 1. The van der Waals surface area contributed by atoms with E-state index in [4.69, 9.17) is 5.26 Å². The SMILES string of the molecule is N#CCNC(=O)C1CCCCC1NC(=O)c1cc2ccc(Br)cc2[nH]1. The van der Waals surface area contributed by atoms with E-state index in [0.717, 1.165) is 41.1 Å². The van der Waals surface area contributed by atoms with E-state index >= 15 is 0 Å². The van der Waals surface area contributed by atoms with Gasteiger partial charge in [0.2, 0.25) is 5.91 Å². The summed E-state index contributed by atoms with van der Waals surface area (Å²) in [5.74, 6) is -0.658. The Kier molecular flexibility index (Phi) is 5.39. The number of hydrogen-bond acceptors (Lipinski definition) is 3. The van der Waals surface area contributed by atoms with Crippen LogP contribution in [-0.2, 0) is 4.79 Å². The van der Waals surface area contributed by atoms with Crippen LogP contribution in [-0.4, -0.2) is 29.4 Å². The maximum atomic E-state index is 12.6. The quantitative estimate of drug-likeness (QED) is 0.685. The number of halogens is 1. The highest BCUT2D eigenvalue weighted by molar-refractivity contribution is 9.10. The first-order valence-electron chi connectivity index (χ1n) is 8.32. The average molecular weight is 403 g/mol. The first kappa shape index (κ1) is 17.5. The van der Waals surface area contributed by atoms with E-state index in [9.17, 15) is 9.59 Å². The molecule has 7 heteroatoms. The van der Waals surface area contributed by atoms with Gasteiger partial charge in [-0.05, 0) is 31.0 Å². The summed E-state index contributed by atoms with van der Waals surface area (Å²) in [5, 5.41) is 15.2. The number of H-pyrrole nitrogens is 1. The van der Waals surface area contributed by atoms with Crippen LogP contribution >= 0.6 is 15.9 Å². The molecule has 0 radical (unpaired) electrons. The Morgan fingerprint density at radius 2 is 2.08 bits per heavy atom. The lowest BCUT2D eigenvalue weighted by molar-refractivity contribution is -0.126. The van der Waals surface area contributed by atoms with Crippen LogP contribution in [0.3, 0.4) is 0 Å². The lowest BCUT2D eigenvalue weighted by Crippen LogP contribution is -2.48. The van der Waals surface area contributed by atoms with Gasteiger partial charge >= 0.3 is 0 Å². The first-order valence-corrected chi connectivity index (χ1v) is 9.11. The van der Waals surface area contributed by atoms with Crippen LogP contribution in [0.2, 0.25) is 0 Å². The minimum Gasteiger partial charge on any atom is -0.350 e. The third-order valence-corrected chi connectivity index (χ3v) is 5.08. The molecule has 3 rings (SSSR count). The Morgan fingerprint density at radius 3 is 2.88 bits per heavy atom. The molecule has 0 aliphatic heterocycles. The molecule has 1 heterocycles. The minimum absolute atomic E-state index is 0.00705. The van der Waals surface area contributed by atoms with E-state index < -0.39 is 0 Å². The van der Waals surface area contributed by atoms with E-state index in [0.29, 0.717) is 5.69 Å². The van der Waals surface area contributed by atoms with Gasteiger partial charge in [0.25, 0.3) is 5.91 Å². The smallest absolute Gasteiger partial charge is 0.267 e. The zero-order valence-corrected chi connectivity index (χ0v) is 15.2. The molecule has 1 aromatic heterocycles. The van der Waals surface area contributed by atoms with E-state index in [1.54, 1.807) is 0 Å². The number of aromatic nitrogens is 1. The number of amides is 2. The number of hydrogen-bond donors (Lipinski definition) is 3. The van der Waals surface area contributed by atoms with Gasteiger partial charge in [-0.2, -0.15) is 5.26 Å². The van der Waals surface area contributed by atoms with Gasteiger partial charge < -0.3 is 15.6 Å². The third-order valence-electron chi connectivity index (χ3n) is 4.59. The monoisotopic (exact) mass is 402 g/mol. The molecule has 25 heavy (non-hydrogen) atoms. The third kappa shape index (κ3) is 4.02. The first-order chi connectivity index (χ1) is 12.1. The molecule has 1 aliphatic carbocycles. The topological polar surface area (TPSA) is 97.8 Å². The molecule has 1 aromatic carbocycles. The molecule has 1 fully saturated rings. The van der Waals surface area contributed by atoms with Crippen LogP contribution in [0.1, 0.15) is 36.2 Å². The van der Waals surface area contributed by atoms with Crippen molar-refractivity contribution < 1.29 is 9.59 Å². The molecule has 6 nitrogen and oxygen atoms in total. The zero-order chi connectivity index (χ0) is 17.8. The van der Waals surface area contributed by atoms with Gasteiger partial charge in [-0.15, -0.1) is 0 Å². The van der Waals surface area contributed by atoms with Crippen molar-refractivity contribution in [2.75, 3.05) is 6.54 Å². The number of fused-ring (bicyclic) bond motifs is 1. The van der Waals surface area contributed by atoms with Crippen LogP contribution in [0.5, 0.6) is 0 Å². The number of nitrogens with one attached hydrogen (secondary N) is 3. The Bertz CT molecular complexity index is 839. The summed E-state index contributed by atoms with van der Waals surface area (Å²) < 4.78 is 0.940. The van der Waals surface area contributed by atoms with Crippen molar-refractivity contribution >= 4 is 38.6 Å². The van der Waals surface area contributed by atoms with Gasteiger partial charge in [0.05, 0.1) is 12.0 Å². The molecule has 130 valence electrons. The van der Waals surface area contributed by atoms with E-state index in [1.165, 1.54) is 0 Å². The summed E-state index contributed by atoms with van der Waals surface area (Å²) in [6.07, 6.45) is 3.42. The minimum atomic E-state index is -0.287. The number of carbonyl (C=O) groups excluding carboxylic acids is 2. The molecule has 0 spiro atoms. The molecule has 2 aromatic rings. The molecule has 0 saturated heterocycles. The summed E-state index contributed by atoms with van der Waals surface area (Å²) in [7, 11) is 0. The lowest BCUT2D eigenvalue weighted by Gasteiger charge is -2.30. The molecule has 2 amide bonds. The highest BCUT2D eigenvalue weighted by atomic mass is 79.9.